The largest absolute Gasteiger partial charge is 0.464 e. The molecule has 3 heterocycles. The van der Waals surface area contributed by atoms with E-state index in [9.17, 15) is 14.7 Å². The highest BCUT2D eigenvalue weighted by Crippen LogP contribution is 2.39. The molecule has 172 valence electrons. The van der Waals surface area contributed by atoms with Crippen LogP contribution in [-0.2, 0) is 14.3 Å². The summed E-state index contributed by atoms with van der Waals surface area (Å²) in [5.74, 6) is -1.22. The molecule has 1 amide bonds. The number of carbonyl (C=O) groups excluding carboxylic acids is 1. The molecule has 0 saturated heterocycles. The number of hydrogen-bond donors (Lipinski definition) is 2. The van der Waals surface area contributed by atoms with Gasteiger partial charge in [-0.2, -0.15) is 0 Å². The monoisotopic (exact) mass is 450 g/mol. The third kappa shape index (κ3) is 4.97. The lowest BCUT2D eigenvalue weighted by molar-refractivity contribution is -0.165. The number of nitrogens with zero attached hydrogens (tertiary/aromatic N) is 1. The van der Waals surface area contributed by atoms with E-state index >= 15 is 0 Å². The Morgan fingerprint density at radius 1 is 1.24 bits per heavy atom. The fourth-order valence-electron chi connectivity index (χ4n) is 4.07. The van der Waals surface area contributed by atoms with Crippen LogP contribution in [0, 0.1) is 5.92 Å². The van der Waals surface area contributed by atoms with Crippen molar-refractivity contribution in [3.05, 3.63) is 82.7 Å². The van der Waals surface area contributed by atoms with Gasteiger partial charge in [0.2, 0.25) is 6.29 Å². The Morgan fingerprint density at radius 2 is 2.09 bits per heavy atom. The molecule has 0 aliphatic carbocycles. The standard InChI is InChI=1S/C25H26N2O6/c1-2-31-25-17(9-6-12-28)19(20-15-32-21-10-4-3-8-18(21)23(20)29)13-22(33-25)24(30)27-16-7-5-11-26-14-16/h3-5,7-8,10-11,13-15,17,19,25,28H,2,6,9,12H2,1H3,(H,27,30)/t17-,19+,25-/m0/s1. The number of benzene rings is 1. The highest BCUT2D eigenvalue weighted by molar-refractivity contribution is 6.02. The molecule has 2 N–H and O–H groups in total. The van der Waals surface area contributed by atoms with Crippen molar-refractivity contribution in [1.29, 1.82) is 0 Å². The quantitative estimate of drug-likeness (QED) is 0.540. The molecule has 3 aromatic rings. The van der Waals surface area contributed by atoms with E-state index in [-0.39, 0.29) is 23.7 Å². The molecule has 0 saturated carbocycles. The van der Waals surface area contributed by atoms with Crippen molar-refractivity contribution in [3.63, 3.8) is 0 Å². The first-order valence-corrected chi connectivity index (χ1v) is 10.9. The normalized spacial score (nSPS) is 20.2. The minimum absolute atomic E-state index is 0.00748. The Labute approximate surface area is 190 Å². The van der Waals surface area contributed by atoms with E-state index in [4.69, 9.17) is 13.9 Å². The van der Waals surface area contributed by atoms with Crippen molar-refractivity contribution < 1.29 is 23.8 Å². The highest BCUT2D eigenvalue weighted by Gasteiger charge is 2.39. The summed E-state index contributed by atoms with van der Waals surface area (Å²) in [7, 11) is 0. The van der Waals surface area contributed by atoms with Gasteiger partial charge < -0.3 is 24.3 Å². The number of aliphatic hydroxyl groups is 1. The molecule has 1 aliphatic heterocycles. The minimum atomic E-state index is -0.767. The Hall–Kier alpha value is -3.49. The number of ether oxygens (including phenoxy) is 2. The first kappa shape index (κ1) is 22.7. The van der Waals surface area contributed by atoms with Crippen LogP contribution in [0.5, 0.6) is 0 Å². The Bertz CT molecular complexity index is 1190. The van der Waals surface area contributed by atoms with E-state index in [0.717, 1.165) is 0 Å². The van der Waals surface area contributed by atoms with Crippen molar-refractivity contribution >= 4 is 22.6 Å². The molecule has 0 unspecified atom stereocenters. The molecule has 0 bridgehead atoms. The zero-order valence-corrected chi connectivity index (χ0v) is 18.3. The zero-order valence-electron chi connectivity index (χ0n) is 18.3. The van der Waals surface area contributed by atoms with Crippen LogP contribution >= 0.6 is 0 Å². The van der Waals surface area contributed by atoms with E-state index in [0.29, 0.717) is 41.7 Å². The lowest BCUT2D eigenvalue weighted by atomic mass is 9.81. The second-order valence-corrected chi connectivity index (χ2v) is 7.74. The number of fused-ring (bicyclic) bond motifs is 1. The van der Waals surface area contributed by atoms with Crippen molar-refractivity contribution in [1.82, 2.24) is 4.98 Å². The van der Waals surface area contributed by atoms with Crippen LogP contribution in [0.4, 0.5) is 5.69 Å². The number of rotatable bonds is 8. The van der Waals surface area contributed by atoms with E-state index in [1.165, 1.54) is 12.5 Å². The van der Waals surface area contributed by atoms with Gasteiger partial charge in [-0.1, -0.05) is 12.1 Å². The lowest BCUT2D eigenvalue weighted by Crippen LogP contribution is -2.38. The summed E-state index contributed by atoms with van der Waals surface area (Å²) in [6.07, 6.45) is 6.49. The Morgan fingerprint density at radius 3 is 2.85 bits per heavy atom. The van der Waals surface area contributed by atoms with Gasteiger partial charge in [-0.05, 0) is 50.1 Å². The van der Waals surface area contributed by atoms with Crippen molar-refractivity contribution in [2.45, 2.75) is 32.0 Å². The van der Waals surface area contributed by atoms with E-state index in [1.807, 2.05) is 6.92 Å². The van der Waals surface area contributed by atoms with Crippen molar-refractivity contribution in [2.75, 3.05) is 18.5 Å². The summed E-state index contributed by atoms with van der Waals surface area (Å²) in [6.45, 7) is 2.18. The number of para-hydroxylation sites is 1. The summed E-state index contributed by atoms with van der Waals surface area (Å²) in [6, 6.07) is 10.5. The van der Waals surface area contributed by atoms with Crippen LogP contribution in [0.15, 0.2) is 76.1 Å². The summed E-state index contributed by atoms with van der Waals surface area (Å²) in [5.41, 5.74) is 1.25. The SMILES string of the molecule is CCO[C@H]1OC(C(=O)Nc2cccnc2)=C[C@@H](c2coc3ccccc3c2=O)[C@@H]1CCCO. The second kappa shape index (κ2) is 10.4. The van der Waals surface area contributed by atoms with E-state index < -0.39 is 18.1 Å². The maximum atomic E-state index is 13.4. The van der Waals surface area contributed by atoms with E-state index in [1.54, 1.807) is 48.7 Å². The molecule has 8 heteroatoms. The number of pyridine rings is 1. The minimum Gasteiger partial charge on any atom is -0.464 e. The molecule has 0 spiro atoms. The predicted octanol–water partition coefficient (Wildman–Crippen LogP) is 3.58. The van der Waals surface area contributed by atoms with Gasteiger partial charge in [0.25, 0.3) is 5.91 Å². The number of aromatic nitrogens is 1. The molecule has 33 heavy (non-hydrogen) atoms. The summed E-state index contributed by atoms with van der Waals surface area (Å²) in [4.78, 5) is 30.3. The second-order valence-electron chi connectivity index (χ2n) is 7.74. The third-order valence-corrected chi connectivity index (χ3v) is 5.62. The molecule has 1 aliphatic rings. The fraction of sp³-hybridized carbons (Fsp3) is 0.320. The van der Waals surface area contributed by atoms with Crippen molar-refractivity contribution in [3.8, 4) is 0 Å². The average molecular weight is 450 g/mol. The van der Waals surface area contributed by atoms with Gasteiger partial charge in [-0.3, -0.25) is 14.6 Å². The fourth-order valence-corrected chi connectivity index (χ4v) is 4.07. The maximum Gasteiger partial charge on any atom is 0.290 e. The number of amides is 1. The smallest absolute Gasteiger partial charge is 0.290 e. The number of carbonyl (C=O) groups is 1. The van der Waals surface area contributed by atoms with E-state index in [2.05, 4.69) is 10.3 Å². The van der Waals surface area contributed by atoms with Crippen LogP contribution in [-0.4, -0.2) is 35.5 Å². The molecular formula is C25H26N2O6. The van der Waals surface area contributed by atoms with Crippen LogP contribution in [0.1, 0.15) is 31.2 Å². The lowest BCUT2D eigenvalue weighted by Gasteiger charge is -2.36. The van der Waals surface area contributed by atoms with Crippen LogP contribution < -0.4 is 10.7 Å². The van der Waals surface area contributed by atoms with Crippen molar-refractivity contribution in [2.24, 2.45) is 5.92 Å². The number of aliphatic hydroxyl groups excluding tert-OH is 1. The molecule has 1 aromatic carbocycles. The van der Waals surface area contributed by atoms with Gasteiger partial charge in [0.15, 0.2) is 11.2 Å². The van der Waals surface area contributed by atoms with Gasteiger partial charge in [0, 0.05) is 36.8 Å². The molecule has 0 radical (unpaired) electrons. The average Bonchev–Trinajstić information content (AvgIpc) is 2.84. The van der Waals surface area contributed by atoms with Gasteiger partial charge >= 0.3 is 0 Å². The highest BCUT2D eigenvalue weighted by atomic mass is 16.7. The number of anilines is 1. The summed E-state index contributed by atoms with van der Waals surface area (Å²) in [5, 5.41) is 12.6. The number of allylic oxidation sites excluding steroid dienone is 1. The van der Waals surface area contributed by atoms with Gasteiger partial charge in [0.1, 0.15) is 5.58 Å². The maximum absolute atomic E-state index is 13.4. The molecule has 2 aromatic heterocycles. The van der Waals surface area contributed by atoms with Gasteiger partial charge in [-0.15, -0.1) is 0 Å². The number of hydrogen-bond acceptors (Lipinski definition) is 7. The molecule has 0 fully saturated rings. The zero-order chi connectivity index (χ0) is 23.2. The Balaban J connectivity index is 1.76. The summed E-state index contributed by atoms with van der Waals surface area (Å²) < 4.78 is 17.5. The topological polar surface area (TPSA) is 111 Å². The van der Waals surface area contributed by atoms with Gasteiger partial charge in [0.05, 0.1) is 23.5 Å². The summed E-state index contributed by atoms with van der Waals surface area (Å²) >= 11 is 0. The Kier molecular flexibility index (Phi) is 7.16. The van der Waals surface area contributed by atoms with Crippen LogP contribution in [0.3, 0.4) is 0 Å². The predicted molar refractivity (Wildman–Crippen MR) is 122 cm³/mol. The molecular weight excluding hydrogens is 424 g/mol. The van der Waals surface area contributed by atoms with Crippen LogP contribution in [0.2, 0.25) is 0 Å². The first-order valence-electron chi connectivity index (χ1n) is 10.9. The first-order chi connectivity index (χ1) is 16.1. The van der Waals surface area contributed by atoms with Gasteiger partial charge in [-0.25, -0.2) is 0 Å². The molecule has 3 atom stereocenters. The number of nitrogens with one attached hydrogen (secondary N) is 1. The third-order valence-electron chi connectivity index (χ3n) is 5.62. The molecule has 8 nitrogen and oxygen atoms in total. The van der Waals surface area contributed by atoms with Crippen LogP contribution in [0.25, 0.3) is 11.0 Å². The molecule has 4 rings (SSSR count).